The number of fused-ring (bicyclic) bond motifs is 2. The number of likely N-dealkylation sites (N-methyl/N-ethyl adjacent to an activating group) is 1. The smallest absolute Gasteiger partial charge is 0.196 e. The van der Waals surface area contributed by atoms with E-state index in [1.54, 1.807) is 19.1 Å². The average Bonchev–Trinajstić information content (AvgIpc) is 2.91. The summed E-state index contributed by atoms with van der Waals surface area (Å²) in [6.07, 6.45) is -0.593. The molecule has 3 heterocycles. The molecule has 0 saturated carbocycles. The van der Waals surface area contributed by atoms with Crippen LogP contribution in [0.25, 0.3) is 22.3 Å². The number of aryl methyl sites for hydroxylation is 1. The maximum absolute atomic E-state index is 13.5. The van der Waals surface area contributed by atoms with Gasteiger partial charge in [-0.2, -0.15) is 0 Å². The van der Waals surface area contributed by atoms with Crippen LogP contribution in [-0.2, 0) is 0 Å². The van der Waals surface area contributed by atoms with Gasteiger partial charge in [0, 0.05) is 23.7 Å². The number of oxime groups is 1. The molecule has 0 spiro atoms. The molecule has 1 aliphatic heterocycles. The first-order valence-electron chi connectivity index (χ1n) is 12.0. The molecule has 4 aromatic rings. The Hall–Kier alpha value is -4.24. The number of amidine groups is 1. The van der Waals surface area contributed by atoms with Gasteiger partial charge in [0.25, 0.3) is 0 Å². The second-order valence-corrected chi connectivity index (χ2v) is 9.68. The van der Waals surface area contributed by atoms with Gasteiger partial charge < -0.3 is 29.7 Å². The van der Waals surface area contributed by atoms with E-state index in [0.29, 0.717) is 34.5 Å². The molecule has 0 bridgehead atoms. The summed E-state index contributed by atoms with van der Waals surface area (Å²) in [6, 6.07) is 12.7. The van der Waals surface area contributed by atoms with Crippen molar-refractivity contribution in [2.75, 3.05) is 25.1 Å². The largest absolute Gasteiger partial charge is 0.490 e. The van der Waals surface area contributed by atoms with Crippen LogP contribution in [0.4, 0.5) is 5.69 Å². The van der Waals surface area contributed by atoms with E-state index in [1.807, 2.05) is 51.2 Å². The van der Waals surface area contributed by atoms with Crippen molar-refractivity contribution >= 4 is 34.1 Å². The summed E-state index contributed by atoms with van der Waals surface area (Å²) in [5.74, 6) is 1.22. The van der Waals surface area contributed by atoms with Crippen molar-refractivity contribution in [2.45, 2.75) is 26.9 Å². The zero-order chi connectivity index (χ0) is 27.1. The standard InChI is InChI=1S/C28H27ClN4O5/c1-14-11-18(16(3)37-21-7-8-23(29)31-24(21)28(30)32-35)27-19(12-14)25(34)15(2)26(38-27)17-5-6-20-22(13-17)36-10-9-33(20)4/h5-8,11-13,16,35H,9-10H2,1-4H3,(H2,30,32)/t16-/m1/s1. The van der Waals surface area contributed by atoms with Crippen LogP contribution < -0.4 is 25.5 Å². The number of halogens is 1. The Morgan fingerprint density at radius 3 is 2.79 bits per heavy atom. The molecule has 0 radical (unpaired) electrons. The summed E-state index contributed by atoms with van der Waals surface area (Å²) >= 11 is 6.01. The summed E-state index contributed by atoms with van der Waals surface area (Å²) < 4.78 is 18.5. The van der Waals surface area contributed by atoms with Crippen LogP contribution >= 0.6 is 11.6 Å². The zero-order valence-corrected chi connectivity index (χ0v) is 22.2. The highest BCUT2D eigenvalue weighted by atomic mass is 35.5. The fourth-order valence-corrected chi connectivity index (χ4v) is 4.79. The Kier molecular flexibility index (Phi) is 6.62. The Bertz CT molecular complexity index is 1650. The first-order chi connectivity index (χ1) is 18.2. The Morgan fingerprint density at radius 2 is 2.03 bits per heavy atom. The van der Waals surface area contributed by atoms with Crippen LogP contribution in [0.3, 0.4) is 0 Å². The van der Waals surface area contributed by atoms with Gasteiger partial charge in [-0.15, -0.1) is 0 Å². The number of nitrogens with zero attached hydrogens (tertiary/aromatic N) is 3. The molecule has 3 N–H and O–H groups in total. The number of nitrogens with two attached hydrogens (primary N) is 1. The molecule has 196 valence electrons. The van der Waals surface area contributed by atoms with Gasteiger partial charge in [0.1, 0.15) is 40.7 Å². The highest BCUT2D eigenvalue weighted by Crippen LogP contribution is 2.38. The number of hydrogen-bond donors (Lipinski definition) is 2. The number of hydrogen-bond acceptors (Lipinski definition) is 8. The predicted octanol–water partition coefficient (Wildman–Crippen LogP) is 5.19. The third-order valence-electron chi connectivity index (χ3n) is 6.63. The van der Waals surface area contributed by atoms with Gasteiger partial charge in [-0.3, -0.25) is 4.79 Å². The quantitative estimate of drug-likeness (QED) is 0.118. The van der Waals surface area contributed by atoms with Crippen molar-refractivity contribution in [3.8, 4) is 22.8 Å². The lowest BCUT2D eigenvalue weighted by Gasteiger charge is -2.28. The van der Waals surface area contributed by atoms with E-state index in [-0.39, 0.29) is 27.9 Å². The van der Waals surface area contributed by atoms with Crippen LogP contribution in [0.5, 0.6) is 11.5 Å². The third kappa shape index (κ3) is 4.50. The van der Waals surface area contributed by atoms with Gasteiger partial charge in [0.15, 0.2) is 17.0 Å². The van der Waals surface area contributed by atoms with Gasteiger partial charge in [0.2, 0.25) is 0 Å². The summed E-state index contributed by atoms with van der Waals surface area (Å²) in [5, 5.41) is 12.8. The lowest BCUT2D eigenvalue weighted by Crippen LogP contribution is -2.28. The Morgan fingerprint density at radius 1 is 1.24 bits per heavy atom. The van der Waals surface area contributed by atoms with Crippen molar-refractivity contribution < 1.29 is 19.1 Å². The molecule has 2 aromatic carbocycles. The van der Waals surface area contributed by atoms with Crippen LogP contribution in [0.15, 0.2) is 56.8 Å². The normalized spacial score (nSPS) is 14.2. The summed E-state index contributed by atoms with van der Waals surface area (Å²) in [7, 11) is 2.01. The molecule has 9 nitrogen and oxygen atoms in total. The van der Waals surface area contributed by atoms with E-state index in [2.05, 4.69) is 15.0 Å². The Labute approximate surface area is 224 Å². The monoisotopic (exact) mass is 534 g/mol. The van der Waals surface area contributed by atoms with E-state index in [0.717, 1.165) is 29.1 Å². The van der Waals surface area contributed by atoms with Crippen molar-refractivity contribution in [1.29, 1.82) is 0 Å². The lowest BCUT2D eigenvalue weighted by molar-refractivity contribution is 0.225. The van der Waals surface area contributed by atoms with Gasteiger partial charge in [-0.25, -0.2) is 4.98 Å². The lowest BCUT2D eigenvalue weighted by atomic mass is 9.99. The maximum Gasteiger partial charge on any atom is 0.196 e. The molecule has 0 amide bonds. The molecule has 0 fully saturated rings. The highest BCUT2D eigenvalue weighted by molar-refractivity contribution is 6.29. The summed E-state index contributed by atoms with van der Waals surface area (Å²) in [5.41, 5.74) is 9.94. The minimum atomic E-state index is -0.593. The number of pyridine rings is 1. The zero-order valence-electron chi connectivity index (χ0n) is 21.4. The first-order valence-corrected chi connectivity index (χ1v) is 12.4. The number of aromatic nitrogens is 1. The molecule has 0 saturated heterocycles. The fraction of sp³-hybridized carbons (Fsp3) is 0.250. The molecule has 38 heavy (non-hydrogen) atoms. The first kappa shape index (κ1) is 25.4. The minimum Gasteiger partial charge on any atom is -0.490 e. The second kappa shape index (κ2) is 9.90. The summed E-state index contributed by atoms with van der Waals surface area (Å²) in [4.78, 5) is 19.8. The van der Waals surface area contributed by atoms with Gasteiger partial charge in [0.05, 0.1) is 17.6 Å². The SMILES string of the molecule is Cc1cc([C@@H](C)Oc2ccc(Cl)nc2C(N)=NO)c2oc(-c3ccc4c(c3)OCCN4C)c(C)c(=O)c2c1. The fourth-order valence-electron chi connectivity index (χ4n) is 4.65. The van der Waals surface area contributed by atoms with Crippen molar-refractivity contribution in [2.24, 2.45) is 10.9 Å². The van der Waals surface area contributed by atoms with Gasteiger partial charge in [-0.1, -0.05) is 16.8 Å². The number of benzene rings is 2. The molecule has 0 aliphatic carbocycles. The van der Waals surface area contributed by atoms with Crippen molar-refractivity contribution in [3.05, 3.63) is 80.2 Å². The predicted molar refractivity (Wildman–Crippen MR) is 147 cm³/mol. The van der Waals surface area contributed by atoms with E-state index >= 15 is 0 Å². The molecule has 1 aliphatic rings. The maximum atomic E-state index is 13.5. The number of rotatable bonds is 5. The second-order valence-electron chi connectivity index (χ2n) is 9.29. The highest BCUT2D eigenvalue weighted by Gasteiger charge is 2.23. The average molecular weight is 535 g/mol. The summed E-state index contributed by atoms with van der Waals surface area (Å²) in [6.45, 7) is 6.87. The van der Waals surface area contributed by atoms with Crippen LogP contribution in [0.2, 0.25) is 5.15 Å². The number of ether oxygens (including phenoxy) is 2. The Balaban J connectivity index is 1.64. The van der Waals surface area contributed by atoms with Crippen molar-refractivity contribution in [1.82, 2.24) is 4.98 Å². The molecule has 10 heteroatoms. The van der Waals surface area contributed by atoms with Gasteiger partial charge in [-0.05, 0) is 68.8 Å². The molecule has 1 atom stereocenters. The van der Waals surface area contributed by atoms with Crippen molar-refractivity contribution in [3.63, 3.8) is 0 Å². The van der Waals surface area contributed by atoms with E-state index < -0.39 is 6.10 Å². The topological polar surface area (TPSA) is 123 Å². The third-order valence-corrected chi connectivity index (χ3v) is 6.84. The molecular weight excluding hydrogens is 508 g/mol. The van der Waals surface area contributed by atoms with E-state index in [4.69, 9.17) is 31.2 Å². The molecule has 2 aromatic heterocycles. The van der Waals surface area contributed by atoms with Crippen LogP contribution in [-0.4, -0.2) is 36.2 Å². The minimum absolute atomic E-state index is 0.0980. The molecular formula is C28H27ClN4O5. The van der Waals surface area contributed by atoms with Crippen LogP contribution in [0.1, 0.15) is 35.4 Å². The molecule has 0 unspecified atom stereocenters. The van der Waals surface area contributed by atoms with E-state index in [1.165, 1.54) is 0 Å². The molecule has 5 rings (SSSR count). The van der Waals surface area contributed by atoms with Gasteiger partial charge >= 0.3 is 0 Å². The van der Waals surface area contributed by atoms with Crippen LogP contribution in [0, 0.1) is 13.8 Å². The number of anilines is 1. The van der Waals surface area contributed by atoms with E-state index in [9.17, 15) is 10.0 Å².